The van der Waals surface area contributed by atoms with Crippen molar-refractivity contribution in [2.45, 2.75) is 104 Å². The molecule has 0 heterocycles. The molecule has 4 aliphatic rings. The number of fused-ring (bicyclic) bond motifs is 5. The quantitative estimate of drug-likeness (QED) is 0.230. The Morgan fingerprint density at radius 3 is 2.61 bits per heavy atom. The van der Waals surface area contributed by atoms with Gasteiger partial charge in [0.25, 0.3) is 0 Å². The van der Waals surface area contributed by atoms with Crippen LogP contribution in [0.2, 0.25) is 0 Å². The molecule has 0 bridgehead atoms. The first-order valence-corrected chi connectivity index (χ1v) is 17.2. The van der Waals surface area contributed by atoms with Crippen LogP contribution >= 0.6 is 27.7 Å². The number of thioether (sulfide) groups is 1. The first kappa shape index (κ1) is 28.8. The normalized spacial score (nSPS) is 37.1. The highest BCUT2D eigenvalue weighted by molar-refractivity contribution is 9.10. The summed E-state index contributed by atoms with van der Waals surface area (Å²) in [5, 5.41) is 0.175. The Morgan fingerprint density at radius 1 is 1.11 bits per heavy atom. The van der Waals surface area contributed by atoms with Gasteiger partial charge < -0.3 is 4.74 Å². The molecule has 0 aromatic heterocycles. The third-order valence-corrected chi connectivity index (χ3v) is 12.8. The fraction of sp³-hybridized carbons (Fsp3) is 0.735. The molecule has 5 rings (SSSR count). The molecular formula is C34H49BrO2S. The van der Waals surface area contributed by atoms with Crippen LogP contribution in [0.3, 0.4) is 0 Å². The number of benzene rings is 1. The molecule has 9 atom stereocenters. The zero-order valence-corrected chi connectivity index (χ0v) is 26.7. The average molecular weight is 602 g/mol. The molecule has 0 amide bonds. The predicted molar refractivity (Wildman–Crippen MR) is 165 cm³/mol. The van der Waals surface area contributed by atoms with E-state index in [4.69, 9.17) is 4.74 Å². The van der Waals surface area contributed by atoms with Gasteiger partial charge in [-0.1, -0.05) is 81.5 Å². The van der Waals surface area contributed by atoms with E-state index in [1.54, 1.807) is 5.57 Å². The summed E-state index contributed by atoms with van der Waals surface area (Å²) in [7, 11) is 0. The second kappa shape index (κ2) is 12.0. The van der Waals surface area contributed by atoms with Crippen molar-refractivity contribution in [1.29, 1.82) is 0 Å². The zero-order valence-electron chi connectivity index (χ0n) is 24.3. The van der Waals surface area contributed by atoms with Crippen molar-refractivity contribution in [3.05, 3.63) is 40.4 Å². The topological polar surface area (TPSA) is 26.3 Å². The molecule has 1 aromatic rings. The molecular weight excluding hydrogens is 552 g/mol. The lowest BCUT2D eigenvalue weighted by atomic mass is 9.48. The second-order valence-electron chi connectivity index (χ2n) is 13.9. The number of hydrogen-bond acceptors (Lipinski definition) is 3. The summed E-state index contributed by atoms with van der Waals surface area (Å²) < 4.78 is 6.62. The lowest BCUT2D eigenvalue weighted by Gasteiger charge is -2.57. The largest absolute Gasteiger partial charge is 0.418 e. The van der Waals surface area contributed by atoms with Gasteiger partial charge >= 0.3 is 5.30 Å². The minimum atomic E-state index is -0.163. The van der Waals surface area contributed by atoms with E-state index >= 15 is 0 Å². The molecule has 0 radical (unpaired) electrons. The Labute approximate surface area is 244 Å². The Kier molecular flexibility index (Phi) is 9.10. The molecule has 0 spiro atoms. The lowest BCUT2D eigenvalue weighted by molar-refractivity contribution is -0.0300. The fourth-order valence-electron chi connectivity index (χ4n) is 9.34. The number of halogens is 1. The molecule has 2 nitrogen and oxygen atoms in total. The van der Waals surface area contributed by atoms with Crippen molar-refractivity contribution >= 4 is 33.0 Å². The summed E-state index contributed by atoms with van der Waals surface area (Å²) in [5.74, 6) is 7.74. The van der Waals surface area contributed by atoms with Crippen LogP contribution in [0.1, 0.15) is 98.8 Å². The smallest absolute Gasteiger partial charge is 0.372 e. The number of rotatable bonds is 7. The van der Waals surface area contributed by atoms with E-state index in [0.717, 1.165) is 64.7 Å². The van der Waals surface area contributed by atoms with E-state index in [1.807, 2.05) is 24.3 Å². The number of allylic oxidation sites excluding steroid dienone is 2. The highest BCUT2D eigenvalue weighted by atomic mass is 79.9. The Hall–Kier alpha value is -0.740. The molecule has 3 fully saturated rings. The van der Waals surface area contributed by atoms with Crippen LogP contribution in [0.4, 0.5) is 4.79 Å². The van der Waals surface area contributed by atoms with Gasteiger partial charge in [-0.3, -0.25) is 0 Å². The van der Waals surface area contributed by atoms with Gasteiger partial charge in [-0.05, 0) is 134 Å². The van der Waals surface area contributed by atoms with Crippen molar-refractivity contribution in [1.82, 2.24) is 0 Å². The Balaban J connectivity index is 1.21. The van der Waals surface area contributed by atoms with Crippen molar-refractivity contribution in [3.63, 3.8) is 0 Å². The third kappa shape index (κ3) is 5.97. The van der Waals surface area contributed by atoms with E-state index in [9.17, 15) is 4.79 Å². The Morgan fingerprint density at radius 2 is 1.87 bits per heavy atom. The average Bonchev–Trinajstić information content (AvgIpc) is 3.32. The summed E-state index contributed by atoms with van der Waals surface area (Å²) >= 11 is 4.86. The van der Waals surface area contributed by atoms with E-state index in [-0.39, 0.29) is 5.30 Å². The fourth-order valence-corrected chi connectivity index (χ4v) is 10.5. The van der Waals surface area contributed by atoms with Crippen LogP contribution in [0.5, 0.6) is 5.75 Å². The van der Waals surface area contributed by atoms with Gasteiger partial charge in [-0.25, -0.2) is 4.79 Å². The maximum atomic E-state index is 12.7. The van der Waals surface area contributed by atoms with Gasteiger partial charge in [-0.2, -0.15) is 0 Å². The lowest BCUT2D eigenvalue weighted by Crippen LogP contribution is -2.49. The highest BCUT2D eigenvalue weighted by Gasteiger charge is 2.56. The monoisotopic (exact) mass is 600 g/mol. The maximum absolute atomic E-state index is 12.7. The van der Waals surface area contributed by atoms with Crippen LogP contribution < -0.4 is 4.74 Å². The van der Waals surface area contributed by atoms with E-state index in [1.165, 1.54) is 63.1 Å². The highest BCUT2D eigenvalue weighted by Crippen LogP contribution is 2.64. The standard InChI is InChI=1S/C34H49BrO2S/c1-21(2)7-6-8-22(3)28-15-16-30-29-14-9-24-20-27(38-33(36)37-26-12-10-25(35)11-13-26)17-18-34(24,5)31(29)19-23(4)32(28)30/h9-13,21-23,27-32H,6-8,14-20H2,1-5H3/t22-,23+,27+,28-,29-,30+,31+,32+,34-/m0/s1. The van der Waals surface area contributed by atoms with Crippen LogP contribution in [0.25, 0.3) is 0 Å². The third-order valence-electron chi connectivity index (χ3n) is 11.2. The predicted octanol–water partition coefficient (Wildman–Crippen LogP) is 10.9. The summed E-state index contributed by atoms with van der Waals surface area (Å²) in [6, 6.07) is 7.53. The summed E-state index contributed by atoms with van der Waals surface area (Å²) in [4.78, 5) is 12.7. The SMILES string of the molecule is CC(C)CCC[C@H](C)[C@@H]1CC[C@@H]2[C@@H]3CC=C4C[C@H](SC(=O)Oc5ccc(Br)cc5)CC[C@]4(C)[C@@H]3C[C@@H](C)[C@@H]21. The first-order valence-electron chi connectivity index (χ1n) is 15.5. The summed E-state index contributed by atoms with van der Waals surface area (Å²) in [6.07, 6.45) is 15.9. The van der Waals surface area contributed by atoms with Gasteiger partial charge in [0.1, 0.15) is 5.75 Å². The molecule has 4 aliphatic carbocycles. The first-order chi connectivity index (χ1) is 18.2. The van der Waals surface area contributed by atoms with Crippen LogP contribution in [-0.4, -0.2) is 10.6 Å². The van der Waals surface area contributed by atoms with Gasteiger partial charge in [0.15, 0.2) is 0 Å². The van der Waals surface area contributed by atoms with Gasteiger partial charge in [-0.15, -0.1) is 0 Å². The van der Waals surface area contributed by atoms with E-state index < -0.39 is 0 Å². The van der Waals surface area contributed by atoms with Crippen molar-refractivity contribution < 1.29 is 9.53 Å². The zero-order chi connectivity index (χ0) is 27.0. The molecule has 0 saturated heterocycles. The number of carbonyl (C=O) groups is 1. The van der Waals surface area contributed by atoms with Crippen LogP contribution in [-0.2, 0) is 0 Å². The summed E-state index contributed by atoms with van der Waals surface area (Å²) in [5.41, 5.74) is 1.98. The molecule has 0 N–H and O–H groups in total. The molecule has 38 heavy (non-hydrogen) atoms. The number of carbonyl (C=O) groups excluding carboxylic acids is 1. The van der Waals surface area contributed by atoms with E-state index in [0.29, 0.717) is 16.4 Å². The van der Waals surface area contributed by atoms with Crippen molar-refractivity contribution in [2.24, 2.45) is 52.8 Å². The van der Waals surface area contributed by atoms with Gasteiger partial charge in [0.05, 0.1) is 0 Å². The molecule has 210 valence electrons. The van der Waals surface area contributed by atoms with Crippen molar-refractivity contribution in [2.75, 3.05) is 0 Å². The minimum Gasteiger partial charge on any atom is -0.418 e. The second-order valence-corrected chi connectivity index (χ2v) is 16.1. The van der Waals surface area contributed by atoms with Crippen molar-refractivity contribution in [3.8, 4) is 5.75 Å². The van der Waals surface area contributed by atoms with Gasteiger partial charge in [0.2, 0.25) is 0 Å². The van der Waals surface area contributed by atoms with Crippen LogP contribution in [0.15, 0.2) is 40.4 Å². The summed E-state index contributed by atoms with van der Waals surface area (Å²) in [6.45, 7) is 12.5. The Bertz CT molecular complexity index is 1000. The molecule has 1 aromatic carbocycles. The van der Waals surface area contributed by atoms with E-state index in [2.05, 4.69) is 56.6 Å². The molecule has 4 heteroatoms. The maximum Gasteiger partial charge on any atom is 0.372 e. The molecule has 0 unspecified atom stereocenters. The number of hydrogen-bond donors (Lipinski definition) is 0. The number of ether oxygens (including phenoxy) is 1. The minimum absolute atomic E-state index is 0.163. The van der Waals surface area contributed by atoms with Gasteiger partial charge in [0, 0.05) is 9.72 Å². The molecule has 3 saturated carbocycles. The molecule has 0 aliphatic heterocycles. The van der Waals surface area contributed by atoms with Crippen LogP contribution in [0, 0.1) is 52.8 Å².